The van der Waals surface area contributed by atoms with Crippen molar-refractivity contribution < 1.29 is 17.9 Å². The maximum absolute atomic E-state index is 12.3. The van der Waals surface area contributed by atoms with E-state index in [1.165, 1.54) is 17.6 Å². The number of nitrogens with zero attached hydrogens (tertiary/aromatic N) is 1. The quantitative estimate of drug-likeness (QED) is 0.901. The van der Waals surface area contributed by atoms with Gasteiger partial charge in [0.2, 0.25) is 0 Å². The first-order chi connectivity index (χ1) is 11.4. The Labute approximate surface area is 145 Å². The van der Waals surface area contributed by atoms with Gasteiger partial charge in [-0.2, -0.15) is 0 Å². The van der Waals surface area contributed by atoms with Gasteiger partial charge in [0.05, 0.1) is 13.7 Å². The molecule has 1 aliphatic heterocycles. The van der Waals surface area contributed by atoms with Gasteiger partial charge in [0, 0.05) is 24.2 Å². The molecule has 0 bridgehead atoms. The van der Waals surface area contributed by atoms with Gasteiger partial charge in [0.25, 0.3) is 0 Å². The molecule has 128 valence electrons. The molecule has 2 aromatic rings. The van der Waals surface area contributed by atoms with Crippen LogP contribution in [0.2, 0.25) is 0 Å². The van der Waals surface area contributed by atoms with E-state index >= 15 is 0 Å². The molecule has 8 heteroatoms. The highest BCUT2D eigenvalue weighted by Crippen LogP contribution is 2.27. The maximum Gasteiger partial charge on any atom is 0.318 e. The molecule has 3 rings (SSSR count). The van der Waals surface area contributed by atoms with Crippen LogP contribution in [0.25, 0.3) is 0 Å². The number of amides is 2. The lowest BCUT2D eigenvalue weighted by Crippen LogP contribution is -2.35. The highest BCUT2D eigenvalue weighted by atomic mass is 32.2. The summed E-state index contributed by atoms with van der Waals surface area (Å²) in [6, 6.07) is 8.93. The monoisotopic (exact) mass is 366 g/mol. The maximum atomic E-state index is 12.3. The van der Waals surface area contributed by atoms with Gasteiger partial charge in [0.15, 0.2) is 9.84 Å². The highest BCUT2D eigenvalue weighted by Gasteiger charge is 2.23. The lowest BCUT2D eigenvalue weighted by Gasteiger charge is -2.15. The number of benzene rings is 1. The van der Waals surface area contributed by atoms with E-state index in [0.29, 0.717) is 23.8 Å². The minimum atomic E-state index is -3.20. The van der Waals surface area contributed by atoms with E-state index in [-0.39, 0.29) is 6.03 Å². The van der Waals surface area contributed by atoms with Crippen molar-refractivity contribution in [2.75, 3.05) is 13.4 Å². The van der Waals surface area contributed by atoms with Gasteiger partial charge in [-0.25, -0.2) is 13.2 Å². The SMILES string of the molecule is COc1ccc2c(c1)CN(C(=O)NCc1ccc(S(C)(=O)=O)s1)C2. The number of fused-ring (bicyclic) bond motifs is 1. The molecule has 1 aromatic heterocycles. The number of hydrogen-bond donors (Lipinski definition) is 1. The summed E-state index contributed by atoms with van der Waals surface area (Å²) in [5.74, 6) is 0.780. The molecule has 1 aromatic carbocycles. The number of thiophene rings is 1. The molecule has 0 atom stereocenters. The van der Waals surface area contributed by atoms with Crippen LogP contribution in [0.1, 0.15) is 16.0 Å². The smallest absolute Gasteiger partial charge is 0.318 e. The van der Waals surface area contributed by atoms with Gasteiger partial charge in [-0.1, -0.05) is 6.07 Å². The topological polar surface area (TPSA) is 75.7 Å². The highest BCUT2D eigenvalue weighted by molar-refractivity contribution is 7.92. The fourth-order valence-electron chi connectivity index (χ4n) is 2.57. The van der Waals surface area contributed by atoms with Crippen molar-refractivity contribution in [3.63, 3.8) is 0 Å². The predicted molar refractivity (Wildman–Crippen MR) is 91.9 cm³/mol. The van der Waals surface area contributed by atoms with E-state index in [0.717, 1.165) is 21.8 Å². The zero-order valence-corrected chi connectivity index (χ0v) is 15.0. The summed E-state index contributed by atoms with van der Waals surface area (Å²) in [7, 11) is -1.58. The third kappa shape index (κ3) is 3.54. The number of carbonyl (C=O) groups excluding carboxylic acids is 1. The van der Waals surface area contributed by atoms with Gasteiger partial charge in [-0.3, -0.25) is 0 Å². The average molecular weight is 366 g/mol. The number of ether oxygens (including phenoxy) is 1. The predicted octanol–water partition coefficient (Wildman–Crippen LogP) is 2.39. The zero-order chi connectivity index (χ0) is 17.3. The average Bonchev–Trinajstić information content (AvgIpc) is 3.18. The van der Waals surface area contributed by atoms with Crippen molar-refractivity contribution in [2.24, 2.45) is 0 Å². The molecule has 0 saturated carbocycles. The first-order valence-corrected chi connectivity index (χ1v) is 10.0. The molecular formula is C16H18N2O4S2. The Morgan fingerprint density at radius 1 is 1.25 bits per heavy atom. The summed E-state index contributed by atoms with van der Waals surface area (Å²) >= 11 is 1.18. The van der Waals surface area contributed by atoms with Crippen LogP contribution < -0.4 is 10.1 Å². The molecule has 0 fully saturated rings. The Kier molecular flexibility index (Phi) is 4.51. The number of hydrogen-bond acceptors (Lipinski definition) is 5. The molecule has 24 heavy (non-hydrogen) atoms. The second-order valence-corrected chi connectivity index (χ2v) is 9.05. The summed E-state index contributed by atoms with van der Waals surface area (Å²) in [6.45, 7) is 1.41. The second-order valence-electron chi connectivity index (χ2n) is 5.64. The molecule has 1 N–H and O–H groups in total. The van der Waals surface area contributed by atoms with Gasteiger partial charge in [-0.15, -0.1) is 11.3 Å². The minimum Gasteiger partial charge on any atom is -0.497 e. The number of urea groups is 1. The van der Waals surface area contributed by atoms with Gasteiger partial charge in [-0.05, 0) is 35.4 Å². The molecule has 0 unspecified atom stereocenters. The fraction of sp³-hybridized carbons (Fsp3) is 0.312. The molecule has 0 radical (unpaired) electrons. The standard InChI is InChI=1S/C16H18N2O4S2/c1-22-13-4-3-11-9-18(10-12(11)7-13)16(19)17-8-14-5-6-15(23-14)24(2,20)21/h3-7H,8-10H2,1-2H3,(H,17,19). The number of carbonyl (C=O) groups is 1. The van der Waals surface area contributed by atoms with Gasteiger partial charge < -0.3 is 15.0 Å². The van der Waals surface area contributed by atoms with Crippen LogP contribution in [0.3, 0.4) is 0 Å². The van der Waals surface area contributed by atoms with Crippen LogP contribution >= 0.6 is 11.3 Å². The molecular weight excluding hydrogens is 348 g/mol. The lowest BCUT2D eigenvalue weighted by atomic mass is 10.1. The van der Waals surface area contributed by atoms with Gasteiger partial charge >= 0.3 is 6.03 Å². The van der Waals surface area contributed by atoms with E-state index in [4.69, 9.17) is 4.74 Å². The number of methoxy groups -OCH3 is 1. The molecule has 6 nitrogen and oxygen atoms in total. The fourth-order valence-corrected chi connectivity index (χ4v) is 4.49. The van der Waals surface area contributed by atoms with Crippen molar-refractivity contribution >= 4 is 27.2 Å². The van der Waals surface area contributed by atoms with E-state index in [2.05, 4.69) is 5.32 Å². The Bertz CT molecular complexity index is 874. The number of sulfone groups is 1. The van der Waals surface area contributed by atoms with E-state index in [9.17, 15) is 13.2 Å². The zero-order valence-electron chi connectivity index (χ0n) is 13.4. The summed E-state index contributed by atoms with van der Waals surface area (Å²) < 4.78 is 28.5. The summed E-state index contributed by atoms with van der Waals surface area (Å²) in [5, 5.41) is 2.84. The molecule has 0 spiro atoms. The Balaban J connectivity index is 1.59. The van der Waals surface area contributed by atoms with Crippen LogP contribution in [0.5, 0.6) is 5.75 Å². The Morgan fingerprint density at radius 3 is 2.67 bits per heavy atom. The first-order valence-electron chi connectivity index (χ1n) is 7.34. The largest absolute Gasteiger partial charge is 0.497 e. The Morgan fingerprint density at radius 2 is 2.00 bits per heavy atom. The van der Waals surface area contributed by atoms with Crippen LogP contribution in [0.15, 0.2) is 34.5 Å². The van der Waals surface area contributed by atoms with Crippen molar-refractivity contribution in [3.05, 3.63) is 46.3 Å². The van der Waals surface area contributed by atoms with Crippen molar-refractivity contribution in [2.45, 2.75) is 23.8 Å². The summed E-state index contributed by atoms with van der Waals surface area (Å²) in [5.41, 5.74) is 2.20. The Hall–Kier alpha value is -2.06. The minimum absolute atomic E-state index is 0.167. The van der Waals surface area contributed by atoms with Crippen molar-refractivity contribution in [1.29, 1.82) is 0 Å². The number of rotatable bonds is 4. The van der Waals surface area contributed by atoms with Crippen LogP contribution in [-0.2, 0) is 29.5 Å². The normalized spacial score (nSPS) is 13.7. The molecule has 2 amide bonds. The summed E-state index contributed by atoms with van der Waals surface area (Å²) in [4.78, 5) is 14.8. The third-order valence-electron chi connectivity index (χ3n) is 3.84. The molecule has 2 heterocycles. The van der Waals surface area contributed by atoms with Crippen molar-refractivity contribution in [1.82, 2.24) is 10.2 Å². The van der Waals surface area contributed by atoms with Gasteiger partial charge in [0.1, 0.15) is 9.96 Å². The molecule has 0 saturated heterocycles. The van der Waals surface area contributed by atoms with E-state index in [1.54, 1.807) is 24.1 Å². The van der Waals surface area contributed by atoms with Crippen LogP contribution in [-0.4, -0.2) is 32.7 Å². The lowest BCUT2D eigenvalue weighted by molar-refractivity contribution is 0.198. The molecule has 1 aliphatic rings. The van der Waals surface area contributed by atoms with Crippen LogP contribution in [0.4, 0.5) is 4.79 Å². The van der Waals surface area contributed by atoms with Crippen molar-refractivity contribution in [3.8, 4) is 5.75 Å². The van der Waals surface area contributed by atoms with E-state index in [1.807, 2.05) is 18.2 Å². The molecule has 0 aliphatic carbocycles. The third-order valence-corrected chi connectivity index (χ3v) is 6.74. The van der Waals surface area contributed by atoms with Crippen LogP contribution in [0, 0.1) is 0 Å². The summed E-state index contributed by atoms with van der Waals surface area (Å²) in [6.07, 6.45) is 1.18. The number of nitrogens with one attached hydrogen (secondary N) is 1. The van der Waals surface area contributed by atoms with E-state index < -0.39 is 9.84 Å². The second kappa shape index (κ2) is 6.45. The first kappa shape index (κ1) is 16.8.